The molecule has 0 aliphatic carbocycles. The molecule has 2 nitrogen and oxygen atoms in total. The van der Waals surface area contributed by atoms with Gasteiger partial charge in [0, 0.05) is 18.7 Å². The van der Waals surface area contributed by atoms with Crippen molar-refractivity contribution in [3.8, 4) is 0 Å². The molecule has 19 heavy (non-hydrogen) atoms. The largest absolute Gasteiger partial charge is 0.396 e. The molecular weight excluding hydrogens is 234 g/mol. The molecule has 108 valence electrons. The van der Waals surface area contributed by atoms with E-state index in [-0.39, 0.29) is 12.1 Å². The molecule has 0 unspecified atom stereocenters. The predicted molar refractivity (Wildman–Crippen MR) is 82.8 cm³/mol. The van der Waals surface area contributed by atoms with Crippen molar-refractivity contribution in [2.24, 2.45) is 0 Å². The molecule has 1 aromatic rings. The van der Waals surface area contributed by atoms with Gasteiger partial charge in [-0.05, 0) is 71.2 Å². The molecule has 1 N–H and O–H groups in total. The summed E-state index contributed by atoms with van der Waals surface area (Å²) in [6.45, 7) is 12.2. The normalized spacial score (nSPS) is 12.2. The van der Waals surface area contributed by atoms with Crippen LogP contribution in [-0.4, -0.2) is 35.7 Å². The second-order valence-corrected chi connectivity index (χ2v) is 6.33. The number of aliphatic hydroxyl groups is 1. The predicted octanol–water partition coefficient (Wildman–Crippen LogP) is 3.25. The van der Waals surface area contributed by atoms with Gasteiger partial charge in [-0.3, -0.25) is 0 Å². The van der Waals surface area contributed by atoms with Crippen molar-refractivity contribution >= 4 is 0 Å². The molecule has 0 bridgehead atoms. The van der Waals surface area contributed by atoms with Crippen LogP contribution in [0, 0.1) is 20.8 Å². The highest BCUT2D eigenvalue weighted by Gasteiger charge is 2.22. The number of aliphatic hydroxyl groups excluding tert-OH is 1. The van der Waals surface area contributed by atoms with Crippen LogP contribution in [0.3, 0.4) is 0 Å². The highest BCUT2D eigenvalue weighted by atomic mass is 16.3. The van der Waals surface area contributed by atoms with Gasteiger partial charge in [-0.25, -0.2) is 0 Å². The monoisotopic (exact) mass is 263 g/mol. The molecule has 0 heterocycles. The second-order valence-electron chi connectivity index (χ2n) is 6.33. The summed E-state index contributed by atoms with van der Waals surface area (Å²) in [5.74, 6) is 0. The Hall–Kier alpha value is -0.860. The van der Waals surface area contributed by atoms with Gasteiger partial charge in [-0.1, -0.05) is 17.7 Å². The van der Waals surface area contributed by atoms with Crippen molar-refractivity contribution in [2.45, 2.75) is 53.0 Å². The van der Waals surface area contributed by atoms with E-state index in [2.05, 4.69) is 58.7 Å². The van der Waals surface area contributed by atoms with Crippen LogP contribution in [-0.2, 0) is 6.42 Å². The minimum absolute atomic E-state index is 0.0568. The highest BCUT2D eigenvalue weighted by molar-refractivity contribution is 5.37. The van der Waals surface area contributed by atoms with Gasteiger partial charge >= 0.3 is 0 Å². The van der Waals surface area contributed by atoms with E-state index in [4.69, 9.17) is 5.11 Å². The third-order valence-electron chi connectivity index (χ3n) is 4.29. The quantitative estimate of drug-likeness (QED) is 0.851. The Bertz CT molecular complexity index is 400. The lowest BCUT2D eigenvalue weighted by atomic mass is 9.95. The van der Waals surface area contributed by atoms with Crippen LogP contribution in [0.15, 0.2) is 12.1 Å². The zero-order valence-electron chi connectivity index (χ0n) is 13.4. The number of aryl methyl sites for hydroxylation is 3. The summed E-state index contributed by atoms with van der Waals surface area (Å²) < 4.78 is 0. The minimum Gasteiger partial charge on any atom is -0.396 e. The second kappa shape index (κ2) is 6.53. The molecule has 0 fully saturated rings. The maximum Gasteiger partial charge on any atom is 0.0448 e. The highest BCUT2D eigenvalue weighted by Crippen LogP contribution is 2.20. The molecule has 0 atom stereocenters. The zero-order chi connectivity index (χ0) is 14.6. The molecule has 1 aromatic carbocycles. The lowest BCUT2D eigenvalue weighted by Crippen LogP contribution is -2.42. The number of hydrogen-bond donors (Lipinski definition) is 1. The van der Waals surface area contributed by atoms with E-state index in [1.165, 1.54) is 22.3 Å². The van der Waals surface area contributed by atoms with E-state index >= 15 is 0 Å². The van der Waals surface area contributed by atoms with Gasteiger partial charge in [-0.2, -0.15) is 0 Å². The summed E-state index contributed by atoms with van der Waals surface area (Å²) in [6.07, 6.45) is 1.89. The van der Waals surface area contributed by atoms with Crippen molar-refractivity contribution in [2.75, 3.05) is 20.2 Å². The number of rotatable bonds is 6. The molecule has 0 amide bonds. The van der Waals surface area contributed by atoms with Crippen molar-refractivity contribution in [1.29, 1.82) is 0 Å². The van der Waals surface area contributed by atoms with Gasteiger partial charge in [0.2, 0.25) is 0 Å². The van der Waals surface area contributed by atoms with Gasteiger partial charge in [0.25, 0.3) is 0 Å². The van der Waals surface area contributed by atoms with Crippen LogP contribution in [0.4, 0.5) is 0 Å². The van der Waals surface area contributed by atoms with Gasteiger partial charge < -0.3 is 10.0 Å². The van der Waals surface area contributed by atoms with Gasteiger partial charge in [0.05, 0.1) is 0 Å². The van der Waals surface area contributed by atoms with E-state index < -0.39 is 0 Å². The van der Waals surface area contributed by atoms with Gasteiger partial charge in [0.15, 0.2) is 0 Å². The Balaban J connectivity index is 2.72. The molecule has 0 spiro atoms. The van der Waals surface area contributed by atoms with E-state index in [0.29, 0.717) is 0 Å². The smallest absolute Gasteiger partial charge is 0.0448 e. The first kappa shape index (κ1) is 16.2. The van der Waals surface area contributed by atoms with Crippen LogP contribution < -0.4 is 0 Å². The Labute approximate surface area is 118 Å². The summed E-state index contributed by atoms with van der Waals surface area (Å²) in [5, 5.41) is 9.13. The fourth-order valence-electron chi connectivity index (χ4n) is 2.65. The summed E-state index contributed by atoms with van der Waals surface area (Å²) in [7, 11) is 2.15. The number of hydrogen-bond acceptors (Lipinski definition) is 2. The van der Waals surface area contributed by atoms with E-state index in [1.54, 1.807) is 0 Å². The van der Waals surface area contributed by atoms with E-state index in [9.17, 15) is 0 Å². The third kappa shape index (κ3) is 4.32. The molecule has 0 aromatic heterocycles. The summed E-state index contributed by atoms with van der Waals surface area (Å²) in [6, 6.07) is 4.53. The third-order valence-corrected chi connectivity index (χ3v) is 4.29. The van der Waals surface area contributed by atoms with Crippen LogP contribution in [0.1, 0.15) is 42.5 Å². The Morgan fingerprint density at radius 2 is 1.63 bits per heavy atom. The van der Waals surface area contributed by atoms with Crippen LogP contribution in [0.25, 0.3) is 0 Å². The van der Waals surface area contributed by atoms with Gasteiger partial charge in [0.1, 0.15) is 0 Å². The maximum atomic E-state index is 9.13. The Kier molecular flexibility index (Phi) is 5.57. The van der Waals surface area contributed by atoms with Gasteiger partial charge in [-0.15, -0.1) is 0 Å². The van der Waals surface area contributed by atoms with Crippen molar-refractivity contribution in [3.05, 3.63) is 34.4 Å². The topological polar surface area (TPSA) is 23.5 Å². The summed E-state index contributed by atoms with van der Waals surface area (Å²) in [4.78, 5) is 2.35. The molecule has 0 aliphatic heterocycles. The fourth-order valence-corrected chi connectivity index (χ4v) is 2.65. The molecule has 0 saturated heterocycles. The lowest BCUT2D eigenvalue weighted by Gasteiger charge is -2.35. The molecule has 2 heteroatoms. The van der Waals surface area contributed by atoms with Crippen LogP contribution >= 0.6 is 0 Å². The first-order chi connectivity index (χ1) is 8.77. The zero-order valence-corrected chi connectivity index (χ0v) is 13.4. The maximum absolute atomic E-state index is 9.13. The van der Waals surface area contributed by atoms with Crippen molar-refractivity contribution in [1.82, 2.24) is 4.90 Å². The van der Waals surface area contributed by atoms with E-state index in [1.807, 2.05) is 0 Å². The average molecular weight is 263 g/mol. The minimum atomic E-state index is 0.0568. The number of benzene rings is 1. The molecule has 1 rings (SSSR count). The van der Waals surface area contributed by atoms with Crippen molar-refractivity contribution in [3.63, 3.8) is 0 Å². The van der Waals surface area contributed by atoms with Crippen LogP contribution in [0.5, 0.6) is 0 Å². The number of nitrogens with zero attached hydrogens (tertiary/aromatic N) is 1. The van der Waals surface area contributed by atoms with Crippen molar-refractivity contribution < 1.29 is 5.11 Å². The van der Waals surface area contributed by atoms with E-state index in [0.717, 1.165) is 19.4 Å². The first-order valence-electron chi connectivity index (χ1n) is 7.17. The van der Waals surface area contributed by atoms with Crippen LogP contribution in [0.2, 0.25) is 0 Å². The fraction of sp³-hybridized carbons (Fsp3) is 0.647. The average Bonchev–Trinajstić information content (AvgIpc) is 2.26. The first-order valence-corrected chi connectivity index (χ1v) is 7.17. The summed E-state index contributed by atoms with van der Waals surface area (Å²) >= 11 is 0. The SMILES string of the molecule is Cc1cc(C)c(CCN(C)C(C)(C)CCO)c(C)c1. The molecule has 0 aliphatic rings. The Morgan fingerprint density at radius 3 is 2.11 bits per heavy atom. The molecule has 0 radical (unpaired) electrons. The Morgan fingerprint density at radius 1 is 1.11 bits per heavy atom. The standard InChI is InChI=1S/C17H29NO/c1-13-11-14(2)16(15(3)12-13)7-9-18(6)17(4,5)8-10-19/h11-12,19H,7-10H2,1-6H3. The molecular formula is C17H29NO. The number of likely N-dealkylation sites (N-methyl/N-ethyl adjacent to an activating group) is 1. The molecule has 0 saturated carbocycles. The lowest BCUT2D eigenvalue weighted by molar-refractivity contribution is 0.117. The summed E-state index contributed by atoms with van der Waals surface area (Å²) in [5.41, 5.74) is 5.66.